The summed E-state index contributed by atoms with van der Waals surface area (Å²) in [6, 6.07) is 19.9. The van der Waals surface area contributed by atoms with E-state index in [0.29, 0.717) is 55.4 Å². The number of hydrogen-bond donors (Lipinski definition) is 5. The predicted molar refractivity (Wildman–Crippen MR) is 199 cm³/mol. The van der Waals surface area contributed by atoms with Crippen LogP contribution in [-0.4, -0.2) is 58.8 Å². The molecule has 280 valence electrons. The second-order valence-corrected chi connectivity index (χ2v) is 16.4. The molecule has 8 atom stereocenters. The molecule has 1 aliphatic carbocycles. The molecule has 54 heavy (non-hydrogen) atoms. The Morgan fingerprint density at radius 1 is 1.04 bits per heavy atom. The molecule has 7 aliphatic rings. The molecule has 1 saturated heterocycles. The molecule has 11 nitrogen and oxygen atoms in total. The number of fused-ring (bicyclic) bond motifs is 7. The number of rotatable bonds is 6. The average Bonchev–Trinajstić information content (AvgIpc) is 3.25. The van der Waals surface area contributed by atoms with Crippen LogP contribution >= 0.6 is 0 Å². The number of guanidine groups is 1. The summed E-state index contributed by atoms with van der Waals surface area (Å²) in [4.78, 5) is 4.58. The molecule has 6 heterocycles. The standard InChI is InChI=1S/C41H47N3O8S.Na/c42-40(43)44-41(17-2-18-45)31-10-8-27(9-11-31)38-29-20-30(23-36(38)37(53(48,49)50)16-7-25-5-13-33(52-41)14-6-25)39-35-15-12-32(47)21-28(35)4-1-3-26(24-46)19-34(22-29)51-39;/h5-6,8-15,21,23,26,29,34,36-39,45-47H,2-3,7,16-20,22,24H2,(H4,42,43,44)(H,48,49,50);/q;+1/p-1. The van der Waals surface area contributed by atoms with Gasteiger partial charge in [-0.1, -0.05) is 60.4 Å². The number of aliphatic hydroxyl groups excluding tert-OH is 2. The molecule has 10 rings (SSSR count). The fraction of sp³-hybridized carbons (Fsp3) is 0.439. The van der Waals surface area contributed by atoms with Gasteiger partial charge in [0.05, 0.1) is 21.5 Å². The monoisotopic (exact) mass is 763 g/mol. The van der Waals surface area contributed by atoms with Crippen LogP contribution in [-0.2, 0) is 27.0 Å². The Bertz CT molecular complexity index is 2040. The maximum absolute atomic E-state index is 13.4. The van der Waals surface area contributed by atoms with Crippen molar-refractivity contribution in [3.05, 3.63) is 106 Å². The van der Waals surface area contributed by atoms with Crippen molar-refractivity contribution < 1.29 is 67.3 Å². The predicted octanol–water partition coefficient (Wildman–Crippen LogP) is 1.46. The third-order valence-corrected chi connectivity index (χ3v) is 12.6. The van der Waals surface area contributed by atoms with E-state index in [1.165, 1.54) is 0 Å². The van der Waals surface area contributed by atoms with Crippen LogP contribution in [0.5, 0.6) is 11.5 Å². The summed E-state index contributed by atoms with van der Waals surface area (Å²) in [7, 11) is -4.81. The molecular formula is C41H46N3NaO8S. The second-order valence-electron chi connectivity index (χ2n) is 14.8. The van der Waals surface area contributed by atoms with Gasteiger partial charge >= 0.3 is 29.6 Å². The molecule has 0 spiro atoms. The molecule has 6 aliphatic heterocycles. The zero-order chi connectivity index (χ0) is 37.3. The number of aryl methyl sites for hydroxylation is 1. The Morgan fingerprint density at radius 2 is 1.80 bits per heavy atom. The number of phenolic OH excluding ortho intramolecular Hbond substituents is 1. The maximum atomic E-state index is 13.4. The van der Waals surface area contributed by atoms with Gasteiger partial charge in [0.25, 0.3) is 0 Å². The number of allylic oxidation sites excluding steroid dienone is 1. The molecule has 0 radical (unpaired) electrons. The van der Waals surface area contributed by atoms with Crippen LogP contribution in [0.2, 0.25) is 0 Å². The van der Waals surface area contributed by atoms with E-state index in [9.17, 15) is 28.3 Å². The van der Waals surface area contributed by atoms with E-state index in [1.807, 2.05) is 48.5 Å². The fourth-order valence-electron chi connectivity index (χ4n) is 8.93. The van der Waals surface area contributed by atoms with Crippen LogP contribution in [0.1, 0.15) is 84.8 Å². The minimum absolute atomic E-state index is 0. The van der Waals surface area contributed by atoms with E-state index in [-0.39, 0.29) is 91.2 Å². The third-order valence-electron chi connectivity index (χ3n) is 11.3. The van der Waals surface area contributed by atoms with E-state index < -0.39 is 33.1 Å². The minimum atomic E-state index is -4.81. The Kier molecular flexibility index (Phi) is 12.5. The van der Waals surface area contributed by atoms with E-state index in [2.05, 4.69) is 16.8 Å². The molecule has 1 fully saturated rings. The van der Waals surface area contributed by atoms with Gasteiger partial charge in [0, 0.05) is 42.7 Å². The molecule has 3 aromatic rings. The first-order valence-electron chi connectivity index (χ1n) is 18.3. The zero-order valence-electron chi connectivity index (χ0n) is 30.4. The van der Waals surface area contributed by atoms with Gasteiger partial charge < -0.3 is 40.8 Å². The summed E-state index contributed by atoms with van der Waals surface area (Å²) in [5.41, 5.74) is 15.2. The van der Waals surface area contributed by atoms with Crippen molar-refractivity contribution >= 4 is 16.1 Å². The molecule has 0 amide bonds. The smallest absolute Gasteiger partial charge is 0.748 e. The average molecular weight is 764 g/mol. The number of aromatic hydroxyl groups is 1. The molecule has 0 saturated carbocycles. The summed E-state index contributed by atoms with van der Waals surface area (Å²) in [5.74, 6) is 5.44. The number of hydrogen-bond acceptors (Lipinski definition) is 9. The number of aliphatic hydroxyl groups is 2. The van der Waals surface area contributed by atoms with Crippen LogP contribution in [0.4, 0.5) is 0 Å². The van der Waals surface area contributed by atoms with Gasteiger partial charge in [0.1, 0.15) is 17.6 Å². The third kappa shape index (κ3) is 8.54. The maximum Gasteiger partial charge on any atom is 1.00 e. The summed E-state index contributed by atoms with van der Waals surface area (Å²) >= 11 is 0. The Labute approximate surface area is 338 Å². The number of benzene rings is 3. The molecule has 3 aromatic carbocycles. The van der Waals surface area contributed by atoms with Crippen LogP contribution in [0.15, 0.2) is 83.4 Å². The van der Waals surface area contributed by atoms with Gasteiger partial charge in [-0.25, -0.2) is 13.4 Å². The van der Waals surface area contributed by atoms with E-state index in [0.717, 1.165) is 22.3 Å². The molecule has 13 heteroatoms. The Morgan fingerprint density at radius 3 is 2.48 bits per heavy atom. The summed E-state index contributed by atoms with van der Waals surface area (Å²) in [6.45, 7) is -0.174. The van der Waals surface area contributed by atoms with Gasteiger partial charge in [0.2, 0.25) is 5.72 Å². The Hall–Kier alpha value is -3.38. The van der Waals surface area contributed by atoms with Gasteiger partial charge in [-0.2, -0.15) is 0 Å². The number of aliphatic imine (C=N–C) groups is 1. The topological polar surface area (TPSA) is 201 Å². The normalized spacial score (nSPS) is 28.8. The van der Waals surface area contributed by atoms with Crippen molar-refractivity contribution in [1.82, 2.24) is 0 Å². The first kappa shape index (κ1) is 40.3. The first-order valence-corrected chi connectivity index (χ1v) is 19.8. The SMILES string of the molecule is NC(N)=NC1(CCCO)Oc2ccc(cc2)CCC(S(=O)(=O)[O-])C2C=C3CC(CC4CC(CO)CC#Cc5cc(O)ccc5C3O4)C2c2ccc1cc2.[Na+]. The minimum Gasteiger partial charge on any atom is -0.748 e. The van der Waals surface area contributed by atoms with E-state index >= 15 is 0 Å². The quantitative estimate of drug-likeness (QED) is 0.0612. The summed E-state index contributed by atoms with van der Waals surface area (Å²) in [5, 5.41) is 29.3. The summed E-state index contributed by atoms with van der Waals surface area (Å²) in [6.07, 6.45) is 4.31. The van der Waals surface area contributed by atoms with Crippen LogP contribution in [0.25, 0.3) is 0 Å². The van der Waals surface area contributed by atoms with Crippen LogP contribution < -0.4 is 45.8 Å². The summed E-state index contributed by atoms with van der Waals surface area (Å²) < 4.78 is 53.8. The van der Waals surface area contributed by atoms with E-state index in [4.69, 9.17) is 20.9 Å². The number of ether oxygens (including phenoxy) is 2. The van der Waals surface area contributed by atoms with Crippen LogP contribution in [0, 0.1) is 29.6 Å². The zero-order valence-corrected chi connectivity index (χ0v) is 33.3. The van der Waals surface area contributed by atoms with Gasteiger partial charge in [0.15, 0.2) is 5.96 Å². The van der Waals surface area contributed by atoms with Gasteiger partial charge in [-0.15, -0.1) is 0 Å². The molecule has 8 bridgehead atoms. The van der Waals surface area contributed by atoms with Crippen molar-refractivity contribution in [3.8, 4) is 23.3 Å². The number of phenols is 1. The molecule has 0 aromatic heterocycles. The number of nitrogens with two attached hydrogens (primary N) is 2. The molecule has 8 unspecified atom stereocenters. The molecule has 7 N–H and O–H groups in total. The number of nitrogens with zero attached hydrogens (tertiary/aromatic N) is 1. The Balaban J connectivity index is 0.00000497. The molecular weight excluding hydrogens is 718 g/mol. The van der Waals surface area contributed by atoms with Crippen molar-refractivity contribution in [2.45, 2.75) is 80.5 Å². The van der Waals surface area contributed by atoms with Crippen molar-refractivity contribution in [2.24, 2.45) is 34.2 Å². The van der Waals surface area contributed by atoms with Crippen LogP contribution in [0.3, 0.4) is 0 Å². The van der Waals surface area contributed by atoms with E-state index in [1.54, 1.807) is 24.3 Å². The van der Waals surface area contributed by atoms with Crippen molar-refractivity contribution in [3.63, 3.8) is 0 Å². The first-order chi connectivity index (χ1) is 25.5. The second kappa shape index (κ2) is 16.8. The van der Waals surface area contributed by atoms with Gasteiger partial charge in [-0.3, -0.25) is 0 Å². The largest absolute Gasteiger partial charge is 1.00 e. The van der Waals surface area contributed by atoms with Gasteiger partial charge in [-0.05, 0) is 103 Å². The van der Waals surface area contributed by atoms with Crippen molar-refractivity contribution in [1.29, 1.82) is 0 Å². The van der Waals surface area contributed by atoms with Crippen molar-refractivity contribution in [2.75, 3.05) is 13.2 Å². The fourth-order valence-corrected chi connectivity index (χ4v) is 9.97.